The number of nitrogens with one attached hydrogen (secondary N) is 2. The van der Waals surface area contributed by atoms with Gasteiger partial charge in [0.15, 0.2) is 0 Å². The van der Waals surface area contributed by atoms with Gasteiger partial charge >= 0.3 is 6.01 Å². The van der Waals surface area contributed by atoms with Crippen molar-refractivity contribution in [1.82, 2.24) is 25.6 Å². The molecule has 0 atom stereocenters. The van der Waals surface area contributed by atoms with E-state index in [1.807, 2.05) is 24.3 Å². The molecule has 8 heteroatoms. The predicted molar refractivity (Wildman–Crippen MR) is 90.4 cm³/mol. The van der Waals surface area contributed by atoms with E-state index in [9.17, 15) is 4.79 Å². The summed E-state index contributed by atoms with van der Waals surface area (Å²) < 4.78 is 5.38. The minimum absolute atomic E-state index is 0.125. The lowest BCUT2D eigenvalue weighted by atomic mass is 10.1. The molecule has 0 fully saturated rings. The van der Waals surface area contributed by atoms with Gasteiger partial charge in [0.2, 0.25) is 0 Å². The third-order valence-electron chi connectivity index (χ3n) is 3.54. The highest BCUT2D eigenvalue weighted by atomic mass is 16.5. The van der Waals surface area contributed by atoms with Crippen LogP contribution in [-0.2, 0) is 0 Å². The SMILES string of the molecule is O=C(Nc1ccc(Oc2nn[nH]n2)cc1)c1cccc2ncccc12. The largest absolute Gasteiger partial charge is 0.422 e. The maximum absolute atomic E-state index is 12.6. The van der Waals surface area contributed by atoms with E-state index in [1.54, 1.807) is 36.5 Å². The molecule has 0 bridgehead atoms. The average molecular weight is 332 g/mol. The number of hydrogen-bond donors (Lipinski definition) is 2. The van der Waals surface area contributed by atoms with Crippen molar-refractivity contribution in [2.75, 3.05) is 5.32 Å². The lowest BCUT2D eigenvalue weighted by Gasteiger charge is -2.08. The average Bonchev–Trinajstić information content (AvgIpc) is 3.16. The molecule has 0 aliphatic carbocycles. The molecule has 0 aliphatic heterocycles. The number of rotatable bonds is 4. The first-order valence-corrected chi connectivity index (χ1v) is 7.46. The van der Waals surface area contributed by atoms with Crippen LogP contribution in [0.4, 0.5) is 5.69 Å². The summed E-state index contributed by atoms with van der Waals surface area (Å²) in [4.78, 5) is 16.8. The maximum atomic E-state index is 12.6. The monoisotopic (exact) mass is 332 g/mol. The lowest BCUT2D eigenvalue weighted by Crippen LogP contribution is -2.12. The molecule has 0 saturated carbocycles. The van der Waals surface area contributed by atoms with Crippen LogP contribution in [0.5, 0.6) is 11.8 Å². The quantitative estimate of drug-likeness (QED) is 0.595. The second kappa shape index (κ2) is 6.36. The first-order valence-electron chi connectivity index (χ1n) is 7.46. The van der Waals surface area contributed by atoms with Crippen molar-refractivity contribution >= 4 is 22.5 Å². The minimum atomic E-state index is -0.203. The van der Waals surface area contributed by atoms with Gasteiger partial charge < -0.3 is 10.1 Å². The second-order valence-electron chi connectivity index (χ2n) is 5.15. The van der Waals surface area contributed by atoms with Gasteiger partial charge in [-0.2, -0.15) is 5.21 Å². The number of hydrogen-bond acceptors (Lipinski definition) is 6. The Labute approximate surface area is 141 Å². The number of benzene rings is 2. The first kappa shape index (κ1) is 14.8. The number of nitrogens with zero attached hydrogens (tertiary/aromatic N) is 4. The van der Waals surface area contributed by atoms with E-state index in [0.29, 0.717) is 17.0 Å². The van der Waals surface area contributed by atoms with Gasteiger partial charge in [0.1, 0.15) is 5.75 Å². The van der Waals surface area contributed by atoms with Gasteiger partial charge in [-0.3, -0.25) is 9.78 Å². The van der Waals surface area contributed by atoms with E-state index >= 15 is 0 Å². The summed E-state index contributed by atoms with van der Waals surface area (Å²) in [6.45, 7) is 0. The van der Waals surface area contributed by atoms with Gasteiger partial charge in [0.25, 0.3) is 5.91 Å². The zero-order valence-electron chi connectivity index (χ0n) is 12.9. The lowest BCUT2D eigenvalue weighted by molar-refractivity contribution is 0.102. The Kier molecular flexibility index (Phi) is 3.76. The Morgan fingerprint density at radius 2 is 1.92 bits per heavy atom. The fourth-order valence-corrected chi connectivity index (χ4v) is 2.41. The highest BCUT2D eigenvalue weighted by molar-refractivity contribution is 6.12. The standard InChI is InChI=1S/C17H12N6O2/c24-16(14-3-1-5-15-13(14)4-2-10-18-15)19-11-6-8-12(9-7-11)25-17-20-22-23-21-17/h1-10H,(H,19,24)(H,20,21,22,23). The number of carbonyl (C=O) groups is 1. The Bertz CT molecular complexity index is 1010. The minimum Gasteiger partial charge on any atom is -0.422 e. The third-order valence-corrected chi connectivity index (χ3v) is 3.54. The molecule has 0 radical (unpaired) electrons. The summed E-state index contributed by atoms with van der Waals surface area (Å²) in [6.07, 6.45) is 1.70. The van der Waals surface area contributed by atoms with Gasteiger partial charge in [-0.15, -0.1) is 0 Å². The van der Waals surface area contributed by atoms with Gasteiger partial charge in [-0.05, 0) is 47.7 Å². The van der Waals surface area contributed by atoms with Crippen molar-refractivity contribution in [3.63, 3.8) is 0 Å². The molecular formula is C17H12N6O2. The van der Waals surface area contributed by atoms with Crippen LogP contribution in [0, 0.1) is 0 Å². The normalized spacial score (nSPS) is 10.6. The molecule has 2 aromatic heterocycles. The van der Waals surface area contributed by atoms with E-state index in [1.165, 1.54) is 0 Å². The molecule has 122 valence electrons. The Balaban J connectivity index is 1.52. The van der Waals surface area contributed by atoms with E-state index in [4.69, 9.17) is 4.74 Å². The molecule has 4 rings (SSSR count). The molecule has 2 aromatic carbocycles. The molecule has 0 saturated heterocycles. The van der Waals surface area contributed by atoms with Gasteiger partial charge in [-0.1, -0.05) is 22.3 Å². The van der Waals surface area contributed by atoms with Crippen molar-refractivity contribution in [2.24, 2.45) is 0 Å². The molecule has 25 heavy (non-hydrogen) atoms. The van der Waals surface area contributed by atoms with E-state index in [-0.39, 0.29) is 11.9 Å². The number of carbonyl (C=O) groups excluding carboxylic acids is 1. The number of ether oxygens (including phenoxy) is 1. The summed E-state index contributed by atoms with van der Waals surface area (Å²) in [6, 6.07) is 16.1. The topological polar surface area (TPSA) is 106 Å². The van der Waals surface area contributed by atoms with Crippen LogP contribution in [-0.4, -0.2) is 31.5 Å². The van der Waals surface area contributed by atoms with Gasteiger partial charge in [0.05, 0.1) is 5.52 Å². The summed E-state index contributed by atoms with van der Waals surface area (Å²) in [5.41, 5.74) is 1.99. The number of fused-ring (bicyclic) bond motifs is 1. The predicted octanol–water partition coefficient (Wildman–Crippen LogP) is 2.79. The molecule has 2 heterocycles. The van der Waals surface area contributed by atoms with E-state index in [0.717, 1.165) is 10.9 Å². The van der Waals surface area contributed by atoms with Crippen molar-refractivity contribution in [3.8, 4) is 11.8 Å². The molecule has 8 nitrogen and oxygen atoms in total. The highest BCUT2D eigenvalue weighted by Gasteiger charge is 2.10. The van der Waals surface area contributed by atoms with Crippen molar-refractivity contribution < 1.29 is 9.53 Å². The third kappa shape index (κ3) is 3.13. The molecule has 0 spiro atoms. The van der Waals surface area contributed by atoms with Crippen molar-refractivity contribution in [2.45, 2.75) is 0 Å². The fourth-order valence-electron chi connectivity index (χ4n) is 2.41. The Morgan fingerprint density at radius 1 is 1.04 bits per heavy atom. The van der Waals surface area contributed by atoms with Gasteiger partial charge in [0, 0.05) is 22.8 Å². The van der Waals surface area contributed by atoms with Gasteiger partial charge in [-0.25, -0.2) is 0 Å². The summed E-state index contributed by atoms with van der Waals surface area (Å²) in [7, 11) is 0. The molecule has 1 amide bonds. The molecular weight excluding hydrogens is 320 g/mol. The Morgan fingerprint density at radius 3 is 2.72 bits per heavy atom. The second-order valence-corrected chi connectivity index (χ2v) is 5.15. The van der Waals surface area contributed by atoms with Crippen molar-refractivity contribution in [1.29, 1.82) is 0 Å². The smallest absolute Gasteiger partial charge is 0.361 e. The highest BCUT2D eigenvalue weighted by Crippen LogP contribution is 2.21. The summed E-state index contributed by atoms with van der Waals surface area (Å²) >= 11 is 0. The van der Waals surface area contributed by atoms with Crippen LogP contribution in [0.3, 0.4) is 0 Å². The number of aromatic nitrogens is 5. The van der Waals surface area contributed by atoms with Crippen LogP contribution in [0.15, 0.2) is 60.8 Å². The molecule has 0 aliphatic rings. The first-order chi connectivity index (χ1) is 12.3. The van der Waals surface area contributed by atoms with Crippen LogP contribution in [0.2, 0.25) is 0 Å². The molecule has 4 aromatic rings. The summed E-state index contributed by atoms with van der Waals surface area (Å²) in [5, 5.41) is 16.8. The fraction of sp³-hybridized carbons (Fsp3) is 0. The number of tetrazole rings is 1. The van der Waals surface area contributed by atoms with Crippen molar-refractivity contribution in [3.05, 3.63) is 66.4 Å². The zero-order chi connectivity index (χ0) is 17.1. The van der Waals surface area contributed by atoms with Crippen LogP contribution >= 0.6 is 0 Å². The molecule has 2 N–H and O–H groups in total. The van der Waals surface area contributed by atoms with E-state index in [2.05, 4.69) is 30.9 Å². The zero-order valence-corrected chi connectivity index (χ0v) is 12.9. The van der Waals surface area contributed by atoms with Crippen LogP contribution in [0.1, 0.15) is 10.4 Å². The van der Waals surface area contributed by atoms with E-state index < -0.39 is 0 Å². The van der Waals surface area contributed by atoms with Crippen LogP contribution in [0.25, 0.3) is 10.9 Å². The number of anilines is 1. The Hall–Kier alpha value is -3.81. The number of H-pyrrole nitrogens is 1. The number of aromatic amines is 1. The van der Waals surface area contributed by atoms with Crippen LogP contribution < -0.4 is 10.1 Å². The summed E-state index contributed by atoms with van der Waals surface area (Å²) in [5.74, 6) is 0.333. The molecule has 0 unspecified atom stereocenters. The maximum Gasteiger partial charge on any atom is 0.361 e. The number of pyridine rings is 1. The number of amides is 1.